The molecular formula is C10H14N2S2. The van der Waals surface area contributed by atoms with Gasteiger partial charge in [-0.25, -0.2) is 0 Å². The fraction of sp³-hybridized carbons (Fsp3) is 0.300. The molecule has 0 aromatic heterocycles. The standard InChI is InChI=1S/C10H14N2S2/c1-11-7-8-12(10(13)14)9-5-3-2-4-6-9/h2-6,11H,7-8H2,1H3,(H,13,14). The predicted molar refractivity (Wildman–Crippen MR) is 69.3 cm³/mol. The summed E-state index contributed by atoms with van der Waals surface area (Å²) in [5.74, 6) is 0. The first-order valence-corrected chi connectivity index (χ1v) is 5.31. The van der Waals surface area contributed by atoms with Crippen molar-refractivity contribution in [3.8, 4) is 0 Å². The Balaban J connectivity index is 2.73. The fourth-order valence-electron chi connectivity index (χ4n) is 1.17. The number of anilines is 1. The first-order chi connectivity index (χ1) is 6.75. The number of nitrogens with zero attached hydrogens (tertiary/aromatic N) is 1. The van der Waals surface area contributed by atoms with Crippen LogP contribution >= 0.6 is 24.8 Å². The van der Waals surface area contributed by atoms with Gasteiger partial charge in [-0.1, -0.05) is 30.4 Å². The van der Waals surface area contributed by atoms with Gasteiger partial charge >= 0.3 is 0 Å². The van der Waals surface area contributed by atoms with Crippen molar-refractivity contribution < 1.29 is 0 Å². The van der Waals surface area contributed by atoms with Crippen LogP contribution in [0.4, 0.5) is 5.69 Å². The van der Waals surface area contributed by atoms with Crippen molar-refractivity contribution in [3.63, 3.8) is 0 Å². The number of benzene rings is 1. The lowest BCUT2D eigenvalue weighted by atomic mass is 10.3. The summed E-state index contributed by atoms with van der Waals surface area (Å²) in [5, 5.41) is 3.09. The maximum Gasteiger partial charge on any atom is 0.137 e. The lowest BCUT2D eigenvalue weighted by molar-refractivity contribution is 0.796. The SMILES string of the molecule is CNCCN(C(=S)S)c1ccccc1. The molecule has 76 valence electrons. The van der Waals surface area contributed by atoms with Crippen molar-refractivity contribution in [2.24, 2.45) is 0 Å². The number of rotatable bonds is 4. The second kappa shape index (κ2) is 6.01. The van der Waals surface area contributed by atoms with Gasteiger partial charge in [0.15, 0.2) is 0 Å². The molecule has 1 aromatic rings. The summed E-state index contributed by atoms with van der Waals surface area (Å²) < 4.78 is 0.603. The normalized spacial score (nSPS) is 9.86. The van der Waals surface area contributed by atoms with Crippen LogP contribution in [0.25, 0.3) is 0 Å². The largest absolute Gasteiger partial charge is 0.326 e. The lowest BCUT2D eigenvalue weighted by Crippen LogP contribution is -2.32. The molecule has 1 N–H and O–H groups in total. The molecule has 0 aliphatic carbocycles. The molecule has 1 aromatic carbocycles. The van der Waals surface area contributed by atoms with Crippen LogP contribution < -0.4 is 10.2 Å². The Hall–Kier alpha value is -0.580. The van der Waals surface area contributed by atoms with Gasteiger partial charge in [0, 0.05) is 18.8 Å². The highest BCUT2D eigenvalue weighted by Crippen LogP contribution is 2.14. The first-order valence-electron chi connectivity index (χ1n) is 4.46. The van der Waals surface area contributed by atoms with Crippen LogP contribution in [0, 0.1) is 0 Å². The number of nitrogens with one attached hydrogen (secondary N) is 1. The van der Waals surface area contributed by atoms with E-state index in [1.807, 2.05) is 42.3 Å². The second-order valence-corrected chi connectivity index (χ2v) is 3.99. The van der Waals surface area contributed by atoms with Gasteiger partial charge in [0.25, 0.3) is 0 Å². The monoisotopic (exact) mass is 226 g/mol. The highest BCUT2D eigenvalue weighted by atomic mass is 32.1. The van der Waals surface area contributed by atoms with Gasteiger partial charge in [-0.2, -0.15) is 0 Å². The third-order valence-electron chi connectivity index (χ3n) is 1.88. The highest BCUT2D eigenvalue weighted by Gasteiger charge is 2.06. The van der Waals surface area contributed by atoms with E-state index >= 15 is 0 Å². The maximum absolute atomic E-state index is 5.07. The van der Waals surface area contributed by atoms with E-state index < -0.39 is 0 Å². The number of thiol groups is 1. The number of likely N-dealkylation sites (N-methyl/N-ethyl adjacent to an activating group) is 1. The average molecular weight is 226 g/mol. The summed E-state index contributed by atoms with van der Waals surface area (Å²) in [5.41, 5.74) is 1.09. The Morgan fingerprint density at radius 2 is 2.07 bits per heavy atom. The third-order valence-corrected chi connectivity index (χ3v) is 2.35. The Morgan fingerprint density at radius 1 is 1.43 bits per heavy atom. The number of hydrogen-bond acceptors (Lipinski definition) is 2. The molecule has 4 heteroatoms. The molecule has 1 rings (SSSR count). The smallest absolute Gasteiger partial charge is 0.137 e. The summed E-state index contributed by atoms with van der Waals surface area (Å²) >= 11 is 9.28. The van der Waals surface area contributed by atoms with E-state index in [1.54, 1.807) is 0 Å². The van der Waals surface area contributed by atoms with Crippen LogP contribution in [0.3, 0.4) is 0 Å². The van der Waals surface area contributed by atoms with E-state index in [0.29, 0.717) is 4.32 Å². The van der Waals surface area contributed by atoms with Crippen molar-refractivity contribution in [2.45, 2.75) is 0 Å². The van der Waals surface area contributed by atoms with E-state index in [0.717, 1.165) is 18.8 Å². The number of para-hydroxylation sites is 1. The Bertz CT molecular complexity index is 287. The van der Waals surface area contributed by atoms with Gasteiger partial charge in [-0.3, -0.25) is 0 Å². The van der Waals surface area contributed by atoms with Crippen molar-refractivity contribution in [1.82, 2.24) is 5.32 Å². The topological polar surface area (TPSA) is 15.3 Å². The highest BCUT2D eigenvalue weighted by molar-refractivity contribution is 8.11. The fourth-order valence-corrected chi connectivity index (χ4v) is 1.58. The van der Waals surface area contributed by atoms with Crippen LogP contribution in [0.2, 0.25) is 0 Å². The van der Waals surface area contributed by atoms with Crippen LogP contribution in [0.1, 0.15) is 0 Å². The van der Waals surface area contributed by atoms with E-state index in [-0.39, 0.29) is 0 Å². The van der Waals surface area contributed by atoms with Crippen molar-refractivity contribution in [3.05, 3.63) is 30.3 Å². The minimum atomic E-state index is 0.603. The quantitative estimate of drug-likeness (QED) is 0.603. The molecule has 0 amide bonds. The molecule has 0 aliphatic heterocycles. The molecule has 14 heavy (non-hydrogen) atoms. The summed E-state index contributed by atoms with van der Waals surface area (Å²) in [7, 11) is 1.92. The average Bonchev–Trinajstić information content (AvgIpc) is 2.19. The number of thiocarbonyl (C=S) groups is 1. The van der Waals surface area contributed by atoms with Gasteiger partial charge < -0.3 is 10.2 Å². The first kappa shape index (κ1) is 11.5. The summed E-state index contributed by atoms with van der Waals surface area (Å²) in [4.78, 5) is 1.99. The summed E-state index contributed by atoms with van der Waals surface area (Å²) in [6.07, 6.45) is 0. The molecule has 2 nitrogen and oxygen atoms in total. The van der Waals surface area contributed by atoms with E-state index in [9.17, 15) is 0 Å². The molecule has 0 unspecified atom stereocenters. The van der Waals surface area contributed by atoms with Crippen molar-refractivity contribution in [1.29, 1.82) is 0 Å². The maximum atomic E-state index is 5.07. The lowest BCUT2D eigenvalue weighted by Gasteiger charge is -2.22. The van der Waals surface area contributed by atoms with Gasteiger partial charge in [0.1, 0.15) is 4.32 Å². The zero-order chi connectivity index (χ0) is 10.4. The van der Waals surface area contributed by atoms with E-state index in [1.165, 1.54) is 0 Å². The molecule has 0 bridgehead atoms. The minimum absolute atomic E-state index is 0.603. The van der Waals surface area contributed by atoms with E-state index in [2.05, 4.69) is 17.9 Å². The predicted octanol–water partition coefficient (Wildman–Crippen LogP) is 1.93. The van der Waals surface area contributed by atoms with Crippen LogP contribution in [0.5, 0.6) is 0 Å². The Labute approximate surface area is 95.7 Å². The molecule has 0 aliphatic rings. The Kier molecular flexibility index (Phi) is 4.93. The molecule has 0 saturated heterocycles. The molecule has 0 saturated carbocycles. The minimum Gasteiger partial charge on any atom is -0.326 e. The van der Waals surface area contributed by atoms with Gasteiger partial charge in [0.05, 0.1) is 0 Å². The van der Waals surface area contributed by atoms with Gasteiger partial charge in [0.2, 0.25) is 0 Å². The molecule has 0 spiro atoms. The van der Waals surface area contributed by atoms with Crippen molar-refractivity contribution in [2.75, 3.05) is 25.0 Å². The molecule has 0 fully saturated rings. The van der Waals surface area contributed by atoms with Crippen LogP contribution in [0.15, 0.2) is 30.3 Å². The molecule has 0 atom stereocenters. The zero-order valence-electron chi connectivity index (χ0n) is 8.10. The third kappa shape index (κ3) is 3.29. The van der Waals surface area contributed by atoms with Gasteiger partial charge in [-0.15, -0.1) is 12.6 Å². The van der Waals surface area contributed by atoms with Gasteiger partial charge in [-0.05, 0) is 19.2 Å². The van der Waals surface area contributed by atoms with Crippen LogP contribution in [-0.2, 0) is 0 Å². The molecular weight excluding hydrogens is 212 g/mol. The molecule has 0 radical (unpaired) electrons. The summed E-state index contributed by atoms with van der Waals surface area (Å²) in [6.45, 7) is 1.72. The zero-order valence-corrected chi connectivity index (χ0v) is 9.81. The van der Waals surface area contributed by atoms with E-state index in [4.69, 9.17) is 12.2 Å². The summed E-state index contributed by atoms with van der Waals surface area (Å²) in [6, 6.07) is 10.0. The Morgan fingerprint density at radius 3 is 2.57 bits per heavy atom. The van der Waals surface area contributed by atoms with Crippen molar-refractivity contribution >= 4 is 34.9 Å². The van der Waals surface area contributed by atoms with Crippen LogP contribution in [-0.4, -0.2) is 24.5 Å². The molecule has 0 heterocycles. The second-order valence-electron chi connectivity index (χ2n) is 2.87. The number of hydrogen-bond donors (Lipinski definition) is 2.